The monoisotopic (exact) mass is 274 g/mol. The first-order valence-electron chi connectivity index (χ1n) is 7.02. The number of halogens is 1. The standard InChI is InChI=1S/C14H26N2O.ClH/c1-16(2)13(17)11-12-3-5-14(6-4-12)7-9-15-10-8-14;/h12,15H,3-11H2,1-2H3;1H. The van der Waals surface area contributed by atoms with Crippen molar-refractivity contribution in [2.24, 2.45) is 11.3 Å². The van der Waals surface area contributed by atoms with Crippen molar-refractivity contribution in [2.75, 3.05) is 27.2 Å². The molecular formula is C14H27ClN2O. The summed E-state index contributed by atoms with van der Waals surface area (Å²) in [5, 5.41) is 3.45. The van der Waals surface area contributed by atoms with Crippen LogP contribution in [0.25, 0.3) is 0 Å². The Kier molecular flexibility index (Phi) is 5.93. The zero-order chi connectivity index (χ0) is 12.3. The number of carbonyl (C=O) groups is 1. The first-order chi connectivity index (χ1) is 8.11. The maximum Gasteiger partial charge on any atom is 0.222 e. The van der Waals surface area contributed by atoms with Crippen molar-refractivity contribution in [3.63, 3.8) is 0 Å². The van der Waals surface area contributed by atoms with Crippen LogP contribution in [-0.4, -0.2) is 38.0 Å². The van der Waals surface area contributed by atoms with Gasteiger partial charge in [0.05, 0.1) is 0 Å². The normalized spacial score (nSPS) is 23.4. The minimum Gasteiger partial charge on any atom is -0.349 e. The van der Waals surface area contributed by atoms with Crippen LogP contribution in [0.1, 0.15) is 44.9 Å². The first kappa shape index (κ1) is 15.8. The molecule has 0 aromatic rings. The first-order valence-corrected chi connectivity index (χ1v) is 7.02. The highest BCUT2D eigenvalue weighted by Crippen LogP contribution is 2.45. The van der Waals surface area contributed by atoms with E-state index in [2.05, 4.69) is 5.32 Å². The van der Waals surface area contributed by atoms with E-state index in [0.717, 1.165) is 6.42 Å². The Hall–Kier alpha value is -0.280. The van der Waals surface area contributed by atoms with E-state index in [-0.39, 0.29) is 12.4 Å². The molecule has 1 spiro atoms. The average molecular weight is 275 g/mol. The molecule has 0 aromatic carbocycles. The maximum absolute atomic E-state index is 11.7. The lowest BCUT2D eigenvalue weighted by Crippen LogP contribution is -2.39. The van der Waals surface area contributed by atoms with Gasteiger partial charge in [-0.3, -0.25) is 4.79 Å². The largest absolute Gasteiger partial charge is 0.349 e. The van der Waals surface area contributed by atoms with Crippen molar-refractivity contribution >= 4 is 18.3 Å². The van der Waals surface area contributed by atoms with Gasteiger partial charge in [0.15, 0.2) is 0 Å². The quantitative estimate of drug-likeness (QED) is 0.839. The summed E-state index contributed by atoms with van der Waals surface area (Å²) in [7, 11) is 3.72. The predicted octanol–water partition coefficient (Wildman–Crippen LogP) is 2.45. The molecule has 2 fully saturated rings. The summed E-state index contributed by atoms with van der Waals surface area (Å²) in [5.41, 5.74) is 0.628. The molecule has 0 radical (unpaired) electrons. The van der Waals surface area contributed by atoms with Gasteiger partial charge >= 0.3 is 0 Å². The van der Waals surface area contributed by atoms with Gasteiger partial charge in [0, 0.05) is 20.5 Å². The van der Waals surface area contributed by atoms with Crippen LogP contribution in [0, 0.1) is 11.3 Å². The van der Waals surface area contributed by atoms with Gasteiger partial charge < -0.3 is 10.2 Å². The number of piperidine rings is 1. The molecule has 2 rings (SSSR count). The number of nitrogens with zero attached hydrogens (tertiary/aromatic N) is 1. The van der Waals surface area contributed by atoms with Gasteiger partial charge in [0.1, 0.15) is 0 Å². The number of rotatable bonds is 2. The molecule has 1 aliphatic carbocycles. The number of hydrogen-bond acceptors (Lipinski definition) is 2. The number of carbonyl (C=O) groups excluding carboxylic acids is 1. The van der Waals surface area contributed by atoms with Gasteiger partial charge in [0.25, 0.3) is 0 Å². The molecule has 0 unspecified atom stereocenters. The summed E-state index contributed by atoms with van der Waals surface area (Å²) >= 11 is 0. The highest BCUT2D eigenvalue weighted by atomic mass is 35.5. The second kappa shape index (κ2) is 6.76. The lowest BCUT2D eigenvalue weighted by molar-refractivity contribution is -0.130. The molecule has 18 heavy (non-hydrogen) atoms. The van der Waals surface area contributed by atoms with Crippen LogP contribution in [0.5, 0.6) is 0 Å². The lowest BCUT2D eigenvalue weighted by Gasteiger charge is -2.43. The van der Waals surface area contributed by atoms with Crippen LogP contribution in [0.3, 0.4) is 0 Å². The summed E-state index contributed by atoms with van der Waals surface area (Å²) in [6, 6.07) is 0. The van der Waals surface area contributed by atoms with E-state index in [1.165, 1.54) is 51.6 Å². The zero-order valence-electron chi connectivity index (χ0n) is 11.7. The molecule has 2 aliphatic rings. The Balaban J connectivity index is 0.00000162. The third-order valence-electron chi connectivity index (χ3n) is 4.79. The van der Waals surface area contributed by atoms with Crippen molar-refractivity contribution < 1.29 is 4.79 Å². The van der Waals surface area contributed by atoms with E-state index >= 15 is 0 Å². The molecule has 1 aliphatic heterocycles. The maximum atomic E-state index is 11.7. The van der Waals surface area contributed by atoms with Gasteiger partial charge in [-0.25, -0.2) is 0 Å². The molecule has 0 atom stereocenters. The van der Waals surface area contributed by atoms with E-state index in [4.69, 9.17) is 0 Å². The van der Waals surface area contributed by atoms with Crippen molar-refractivity contribution in [3.05, 3.63) is 0 Å². The van der Waals surface area contributed by atoms with Crippen LogP contribution in [0.15, 0.2) is 0 Å². The molecule has 1 amide bonds. The molecule has 1 N–H and O–H groups in total. The zero-order valence-corrected chi connectivity index (χ0v) is 12.5. The fourth-order valence-corrected chi connectivity index (χ4v) is 3.38. The van der Waals surface area contributed by atoms with Gasteiger partial charge in [-0.2, -0.15) is 0 Å². The second-order valence-electron chi connectivity index (χ2n) is 6.19. The average Bonchev–Trinajstić information content (AvgIpc) is 2.33. The Labute approximate surface area is 117 Å². The summed E-state index contributed by atoms with van der Waals surface area (Å²) < 4.78 is 0. The Morgan fingerprint density at radius 1 is 1.17 bits per heavy atom. The molecule has 1 saturated heterocycles. The predicted molar refractivity (Wildman–Crippen MR) is 77.1 cm³/mol. The summed E-state index contributed by atoms with van der Waals surface area (Å²) in [6.07, 6.45) is 8.68. The molecule has 0 aromatic heterocycles. The number of hydrogen-bond donors (Lipinski definition) is 1. The van der Waals surface area contributed by atoms with Crippen molar-refractivity contribution in [2.45, 2.75) is 44.9 Å². The minimum atomic E-state index is 0. The molecule has 1 saturated carbocycles. The summed E-state index contributed by atoms with van der Waals surface area (Å²) in [5.74, 6) is 0.946. The molecule has 106 valence electrons. The number of amides is 1. The highest BCUT2D eigenvalue weighted by molar-refractivity contribution is 5.85. The van der Waals surface area contributed by atoms with E-state index in [9.17, 15) is 4.79 Å². The van der Waals surface area contributed by atoms with Crippen molar-refractivity contribution in [1.29, 1.82) is 0 Å². The second-order valence-corrected chi connectivity index (χ2v) is 6.19. The lowest BCUT2D eigenvalue weighted by atomic mass is 9.65. The Morgan fingerprint density at radius 3 is 2.22 bits per heavy atom. The van der Waals surface area contributed by atoms with Gasteiger partial charge in [-0.05, 0) is 62.9 Å². The van der Waals surface area contributed by atoms with Crippen LogP contribution < -0.4 is 5.32 Å². The fraction of sp³-hybridized carbons (Fsp3) is 0.929. The van der Waals surface area contributed by atoms with Gasteiger partial charge in [-0.15, -0.1) is 12.4 Å². The van der Waals surface area contributed by atoms with Crippen LogP contribution in [-0.2, 0) is 4.79 Å². The molecule has 3 nitrogen and oxygen atoms in total. The van der Waals surface area contributed by atoms with Crippen LogP contribution in [0.2, 0.25) is 0 Å². The Morgan fingerprint density at radius 2 is 1.72 bits per heavy atom. The van der Waals surface area contributed by atoms with Crippen molar-refractivity contribution in [3.8, 4) is 0 Å². The third-order valence-corrected chi connectivity index (χ3v) is 4.79. The minimum absolute atomic E-state index is 0. The smallest absolute Gasteiger partial charge is 0.222 e. The summed E-state index contributed by atoms with van der Waals surface area (Å²) in [4.78, 5) is 13.4. The van der Waals surface area contributed by atoms with Crippen molar-refractivity contribution in [1.82, 2.24) is 10.2 Å². The van der Waals surface area contributed by atoms with E-state index in [0.29, 0.717) is 17.2 Å². The molecule has 0 bridgehead atoms. The summed E-state index contributed by atoms with van der Waals surface area (Å²) in [6.45, 7) is 2.39. The van der Waals surface area contributed by atoms with E-state index < -0.39 is 0 Å². The SMILES string of the molecule is CN(C)C(=O)CC1CCC2(CCNCC2)CC1.Cl. The van der Waals surface area contributed by atoms with E-state index in [1.807, 2.05) is 14.1 Å². The molecular weight excluding hydrogens is 248 g/mol. The van der Waals surface area contributed by atoms with Crippen LogP contribution >= 0.6 is 12.4 Å². The van der Waals surface area contributed by atoms with E-state index in [1.54, 1.807) is 4.90 Å². The topological polar surface area (TPSA) is 32.3 Å². The molecule has 4 heteroatoms. The highest BCUT2D eigenvalue weighted by Gasteiger charge is 2.36. The fourth-order valence-electron chi connectivity index (χ4n) is 3.38. The number of nitrogens with one attached hydrogen (secondary N) is 1. The van der Waals surface area contributed by atoms with Gasteiger partial charge in [-0.1, -0.05) is 0 Å². The third kappa shape index (κ3) is 3.86. The Bertz CT molecular complexity index is 265. The molecule has 1 heterocycles. The van der Waals surface area contributed by atoms with Crippen LogP contribution in [0.4, 0.5) is 0 Å². The van der Waals surface area contributed by atoms with Gasteiger partial charge in [0.2, 0.25) is 5.91 Å².